The molecule has 2 aromatic heterocycles. The maximum atomic E-state index is 4.40. The maximum Gasteiger partial charge on any atom is 0.234 e. The molecule has 0 saturated carbocycles. The molecule has 0 fully saturated rings. The summed E-state index contributed by atoms with van der Waals surface area (Å²) in [5, 5.41) is 13.2. The van der Waals surface area contributed by atoms with Gasteiger partial charge in [0.05, 0.1) is 0 Å². The number of hydrogen-bond donors (Lipinski definition) is 0. The molecule has 5 heteroatoms. The monoisotopic (exact) mass is 230 g/mol. The van der Waals surface area contributed by atoms with E-state index in [1.807, 2.05) is 6.07 Å². The third-order valence-corrected chi connectivity index (χ3v) is 3.37. The Bertz CT molecular complexity index is 556. The van der Waals surface area contributed by atoms with Crippen molar-refractivity contribution in [1.82, 2.24) is 19.8 Å². The van der Waals surface area contributed by atoms with E-state index in [1.54, 1.807) is 22.2 Å². The van der Waals surface area contributed by atoms with Crippen molar-refractivity contribution in [3.63, 3.8) is 0 Å². The van der Waals surface area contributed by atoms with Crippen LogP contribution in [0, 0.1) is 0 Å². The van der Waals surface area contributed by atoms with Gasteiger partial charge < -0.3 is 0 Å². The zero-order chi connectivity index (χ0) is 10.8. The highest BCUT2D eigenvalue weighted by Crippen LogP contribution is 2.14. The Balaban J connectivity index is 1.74. The summed E-state index contributed by atoms with van der Waals surface area (Å²) >= 11 is 1.60. The van der Waals surface area contributed by atoms with E-state index in [-0.39, 0.29) is 0 Å². The van der Waals surface area contributed by atoms with Gasteiger partial charge >= 0.3 is 0 Å². The second kappa shape index (κ2) is 4.02. The van der Waals surface area contributed by atoms with Crippen LogP contribution < -0.4 is 0 Å². The molecule has 80 valence electrons. The number of fused-ring (bicyclic) bond motifs is 1. The Morgan fingerprint density at radius 3 is 2.81 bits per heavy atom. The fourth-order valence-corrected chi connectivity index (χ4v) is 2.41. The van der Waals surface area contributed by atoms with Crippen LogP contribution in [-0.2, 0) is 12.8 Å². The van der Waals surface area contributed by atoms with Crippen LogP contribution in [0.4, 0.5) is 0 Å². The van der Waals surface area contributed by atoms with Gasteiger partial charge in [-0.1, -0.05) is 41.7 Å². The fourth-order valence-electron chi connectivity index (χ4n) is 1.60. The lowest BCUT2D eigenvalue weighted by Crippen LogP contribution is -1.91. The molecular weight excluding hydrogens is 220 g/mol. The summed E-state index contributed by atoms with van der Waals surface area (Å²) in [6.07, 6.45) is 3.61. The lowest BCUT2D eigenvalue weighted by Gasteiger charge is -1.96. The number of aryl methyl sites for hydroxylation is 2. The van der Waals surface area contributed by atoms with E-state index in [9.17, 15) is 0 Å². The molecular formula is C11H10N4S. The Labute approximate surface area is 96.6 Å². The van der Waals surface area contributed by atoms with E-state index in [0.717, 1.165) is 22.8 Å². The minimum absolute atomic E-state index is 0.864. The van der Waals surface area contributed by atoms with Gasteiger partial charge in [0.15, 0.2) is 0 Å². The SMILES string of the molecule is c1ccc(CCc2nn3cnnc3s2)cc1. The van der Waals surface area contributed by atoms with Crippen LogP contribution in [0.2, 0.25) is 0 Å². The number of rotatable bonds is 3. The number of nitrogens with zero attached hydrogens (tertiary/aromatic N) is 4. The van der Waals surface area contributed by atoms with Crippen molar-refractivity contribution in [1.29, 1.82) is 0 Å². The Morgan fingerprint density at radius 2 is 2.00 bits per heavy atom. The van der Waals surface area contributed by atoms with Crippen molar-refractivity contribution in [3.05, 3.63) is 47.2 Å². The molecule has 0 aliphatic heterocycles. The van der Waals surface area contributed by atoms with Crippen molar-refractivity contribution in [2.75, 3.05) is 0 Å². The first kappa shape index (κ1) is 9.47. The summed E-state index contributed by atoms with van der Waals surface area (Å²) in [5.74, 6) is 0. The first-order chi connectivity index (χ1) is 7.92. The molecule has 3 rings (SSSR count). The van der Waals surface area contributed by atoms with Gasteiger partial charge in [0, 0.05) is 6.42 Å². The smallest absolute Gasteiger partial charge is 0.190 e. The molecule has 1 aromatic carbocycles. The van der Waals surface area contributed by atoms with E-state index in [4.69, 9.17) is 0 Å². The number of benzene rings is 1. The van der Waals surface area contributed by atoms with Gasteiger partial charge in [-0.2, -0.15) is 9.61 Å². The van der Waals surface area contributed by atoms with Crippen LogP contribution in [0.15, 0.2) is 36.7 Å². The van der Waals surface area contributed by atoms with Gasteiger partial charge in [0.25, 0.3) is 0 Å². The van der Waals surface area contributed by atoms with Crippen molar-refractivity contribution >= 4 is 16.3 Å². The highest BCUT2D eigenvalue weighted by atomic mass is 32.1. The molecule has 0 radical (unpaired) electrons. The Hall–Kier alpha value is -1.75. The summed E-state index contributed by atoms with van der Waals surface area (Å²) < 4.78 is 1.73. The maximum absolute atomic E-state index is 4.40. The summed E-state index contributed by atoms with van der Waals surface area (Å²) in [6, 6.07) is 10.4. The first-order valence-corrected chi connectivity index (χ1v) is 5.93. The van der Waals surface area contributed by atoms with Gasteiger partial charge in [0.2, 0.25) is 4.96 Å². The van der Waals surface area contributed by atoms with Crippen molar-refractivity contribution in [3.8, 4) is 0 Å². The minimum Gasteiger partial charge on any atom is -0.190 e. The topological polar surface area (TPSA) is 43.1 Å². The summed E-state index contributed by atoms with van der Waals surface area (Å²) in [5.41, 5.74) is 1.34. The normalized spacial score (nSPS) is 11.0. The highest BCUT2D eigenvalue weighted by Gasteiger charge is 2.04. The number of aromatic nitrogens is 4. The molecule has 0 unspecified atom stereocenters. The van der Waals surface area contributed by atoms with Crippen LogP contribution in [0.5, 0.6) is 0 Å². The molecule has 0 atom stereocenters. The van der Waals surface area contributed by atoms with Gasteiger partial charge in [-0.3, -0.25) is 0 Å². The minimum atomic E-state index is 0.864. The standard InChI is InChI=1S/C11H10N4S/c1-2-4-9(5-3-1)6-7-10-14-15-8-12-13-11(15)16-10/h1-5,8H,6-7H2. The molecule has 2 heterocycles. The molecule has 0 spiro atoms. The average molecular weight is 230 g/mol. The third kappa shape index (κ3) is 1.81. The molecule has 0 saturated heterocycles. The summed E-state index contributed by atoms with van der Waals surface area (Å²) in [4.78, 5) is 0.864. The molecule has 3 aromatic rings. The largest absolute Gasteiger partial charge is 0.234 e. The van der Waals surface area contributed by atoms with E-state index < -0.39 is 0 Å². The van der Waals surface area contributed by atoms with Crippen LogP contribution in [0.25, 0.3) is 4.96 Å². The lowest BCUT2D eigenvalue weighted by molar-refractivity contribution is 0.860. The summed E-state index contributed by atoms with van der Waals surface area (Å²) in [6.45, 7) is 0. The van der Waals surface area contributed by atoms with Crippen LogP contribution in [-0.4, -0.2) is 19.8 Å². The van der Waals surface area contributed by atoms with Crippen LogP contribution in [0.1, 0.15) is 10.6 Å². The predicted octanol–water partition coefficient (Wildman–Crippen LogP) is 1.97. The van der Waals surface area contributed by atoms with Crippen LogP contribution in [0.3, 0.4) is 0 Å². The van der Waals surface area contributed by atoms with Gasteiger partial charge in [-0.25, -0.2) is 0 Å². The Morgan fingerprint density at radius 1 is 1.12 bits per heavy atom. The predicted molar refractivity (Wildman–Crippen MR) is 62.5 cm³/mol. The highest BCUT2D eigenvalue weighted by molar-refractivity contribution is 7.16. The van der Waals surface area contributed by atoms with E-state index in [1.165, 1.54) is 5.56 Å². The lowest BCUT2D eigenvalue weighted by atomic mass is 10.1. The average Bonchev–Trinajstić information content (AvgIpc) is 2.88. The van der Waals surface area contributed by atoms with Crippen molar-refractivity contribution in [2.45, 2.75) is 12.8 Å². The van der Waals surface area contributed by atoms with E-state index >= 15 is 0 Å². The molecule has 0 amide bonds. The molecule has 16 heavy (non-hydrogen) atoms. The zero-order valence-corrected chi connectivity index (χ0v) is 9.39. The van der Waals surface area contributed by atoms with Crippen LogP contribution >= 0.6 is 11.3 Å². The molecule has 0 aliphatic carbocycles. The van der Waals surface area contributed by atoms with Gasteiger partial charge in [-0.05, 0) is 12.0 Å². The summed E-state index contributed by atoms with van der Waals surface area (Å²) in [7, 11) is 0. The molecule has 0 N–H and O–H groups in total. The quantitative estimate of drug-likeness (QED) is 0.691. The van der Waals surface area contributed by atoms with Gasteiger partial charge in [0.1, 0.15) is 11.3 Å². The van der Waals surface area contributed by atoms with Crippen molar-refractivity contribution in [2.24, 2.45) is 0 Å². The second-order valence-electron chi connectivity index (χ2n) is 3.54. The molecule has 0 aliphatic rings. The van der Waals surface area contributed by atoms with E-state index in [0.29, 0.717) is 0 Å². The van der Waals surface area contributed by atoms with E-state index in [2.05, 4.69) is 39.6 Å². The third-order valence-electron chi connectivity index (χ3n) is 2.40. The molecule has 4 nitrogen and oxygen atoms in total. The molecule has 0 bridgehead atoms. The fraction of sp³-hybridized carbons (Fsp3) is 0.182. The van der Waals surface area contributed by atoms with Gasteiger partial charge in [-0.15, -0.1) is 10.2 Å². The zero-order valence-electron chi connectivity index (χ0n) is 8.58. The second-order valence-corrected chi connectivity index (χ2v) is 4.58. The first-order valence-electron chi connectivity index (χ1n) is 5.11. The van der Waals surface area contributed by atoms with Crippen molar-refractivity contribution < 1.29 is 0 Å². The number of hydrogen-bond acceptors (Lipinski definition) is 4. The Kier molecular flexibility index (Phi) is 2.38.